The Morgan fingerprint density at radius 2 is 2.12 bits per heavy atom. The van der Waals surface area contributed by atoms with Crippen molar-refractivity contribution >= 4 is 17.7 Å². The highest BCUT2D eigenvalue weighted by atomic mass is 32.2. The van der Waals surface area contributed by atoms with Crippen molar-refractivity contribution in [3.8, 4) is 23.6 Å². The Kier molecular flexibility index (Phi) is 4.93. The van der Waals surface area contributed by atoms with Crippen LogP contribution in [0.2, 0.25) is 0 Å². The highest BCUT2D eigenvalue weighted by Gasteiger charge is 2.30. The summed E-state index contributed by atoms with van der Waals surface area (Å²) >= 11 is 1.42. The van der Waals surface area contributed by atoms with Gasteiger partial charge in [-0.2, -0.15) is 10.5 Å². The van der Waals surface area contributed by atoms with Crippen LogP contribution in [0.25, 0.3) is 0 Å². The summed E-state index contributed by atoms with van der Waals surface area (Å²) in [5, 5.41) is 21.6. The number of fused-ring (bicyclic) bond motifs is 1. The van der Waals surface area contributed by atoms with Crippen LogP contribution in [-0.2, 0) is 4.79 Å². The number of hydrogen-bond donors (Lipinski definition) is 1. The van der Waals surface area contributed by atoms with Gasteiger partial charge < -0.3 is 14.8 Å². The zero-order chi connectivity index (χ0) is 16.9. The predicted molar refractivity (Wildman–Crippen MR) is 88.0 cm³/mol. The molecule has 2 aliphatic heterocycles. The second kappa shape index (κ2) is 7.29. The van der Waals surface area contributed by atoms with Crippen LogP contribution in [0.15, 0.2) is 28.8 Å². The molecule has 1 unspecified atom stereocenters. The molecule has 1 amide bonds. The number of thioether (sulfide) groups is 1. The van der Waals surface area contributed by atoms with Gasteiger partial charge in [0, 0.05) is 24.5 Å². The van der Waals surface area contributed by atoms with E-state index < -0.39 is 0 Å². The Balaban J connectivity index is 1.87. The maximum atomic E-state index is 12.1. The topological polar surface area (TPSA) is 95.1 Å². The number of hydrogen-bond acceptors (Lipinski definition) is 6. The Labute approximate surface area is 144 Å². The minimum absolute atomic E-state index is 0.112. The third-order valence-corrected chi connectivity index (χ3v) is 4.94. The summed E-state index contributed by atoms with van der Waals surface area (Å²) < 4.78 is 10.7. The summed E-state index contributed by atoms with van der Waals surface area (Å²) in [6.45, 7) is 0.185. The molecule has 0 bridgehead atoms. The number of unbranched alkanes of at least 4 members (excludes halogenated alkanes) is 1. The fourth-order valence-electron chi connectivity index (χ4n) is 2.67. The first-order valence-electron chi connectivity index (χ1n) is 7.56. The van der Waals surface area contributed by atoms with Crippen LogP contribution in [-0.4, -0.2) is 18.5 Å². The van der Waals surface area contributed by atoms with Crippen LogP contribution < -0.4 is 14.8 Å². The summed E-state index contributed by atoms with van der Waals surface area (Å²) in [6, 6.07) is 9.84. The molecule has 2 aliphatic rings. The summed E-state index contributed by atoms with van der Waals surface area (Å²) in [5.41, 5.74) is 1.41. The Hall–Kier alpha value is -2.64. The van der Waals surface area contributed by atoms with Crippen molar-refractivity contribution in [3.63, 3.8) is 0 Å². The van der Waals surface area contributed by atoms with Gasteiger partial charge in [-0.05, 0) is 24.1 Å². The predicted octanol–water partition coefficient (Wildman–Crippen LogP) is 2.79. The van der Waals surface area contributed by atoms with Crippen molar-refractivity contribution < 1.29 is 14.3 Å². The molecule has 0 fully saturated rings. The zero-order valence-corrected chi connectivity index (χ0v) is 13.7. The van der Waals surface area contributed by atoms with Gasteiger partial charge in [-0.15, -0.1) is 11.8 Å². The molecule has 2 heterocycles. The molecule has 0 saturated heterocycles. The number of benzene rings is 1. The van der Waals surface area contributed by atoms with E-state index in [0.717, 1.165) is 5.56 Å². The smallest absolute Gasteiger partial charge is 0.231 e. The van der Waals surface area contributed by atoms with E-state index in [0.29, 0.717) is 40.7 Å². The lowest BCUT2D eigenvalue weighted by molar-refractivity contribution is -0.120. The number of nitrogens with one attached hydrogen (secondary N) is 1. The first-order valence-corrected chi connectivity index (χ1v) is 8.55. The van der Waals surface area contributed by atoms with Gasteiger partial charge >= 0.3 is 0 Å². The fraction of sp³-hybridized carbons (Fsp3) is 0.353. The van der Waals surface area contributed by atoms with Crippen molar-refractivity contribution in [2.24, 2.45) is 0 Å². The summed E-state index contributed by atoms with van der Waals surface area (Å²) in [6.07, 6.45) is 1.40. The molecule has 1 atom stereocenters. The molecule has 7 heteroatoms. The SMILES string of the molecule is N#CCCCSC1=C(C#N)C(c2ccc3c(c2)OCO3)CC(=O)N1. The number of nitrogens with zero attached hydrogens (tertiary/aromatic N) is 2. The van der Waals surface area contributed by atoms with Crippen LogP contribution in [0.4, 0.5) is 0 Å². The van der Waals surface area contributed by atoms with Gasteiger partial charge in [0.1, 0.15) is 0 Å². The van der Waals surface area contributed by atoms with Gasteiger partial charge in [-0.3, -0.25) is 4.79 Å². The van der Waals surface area contributed by atoms with E-state index in [1.807, 2.05) is 12.1 Å². The number of nitriles is 2. The minimum atomic E-state index is -0.295. The van der Waals surface area contributed by atoms with Crippen molar-refractivity contribution in [2.45, 2.75) is 25.2 Å². The van der Waals surface area contributed by atoms with Crippen LogP contribution in [0, 0.1) is 22.7 Å². The van der Waals surface area contributed by atoms with Gasteiger partial charge in [-0.1, -0.05) is 6.07 Å². The lowest BCUT2D eigenvalue weighted by atomic mass is 9.87. The van der Waals surface area contributed by atoms with E-state index in [9.17, 15) is 10.1 Å². The van der Waals surface area contributed by atoms with Crippen molar-refractivity contribution in [1.29, 1.82) is 10.5 Å². The molecular formula is C17H15N3O3S. The molecule has 1 aromatic rings. The third-order valence-electron chi connectivity index (χ3n) is 3.83. The van der Waals surface area contributed by atoms with E-state index in [2.05, 4.69) is 17.5 Å². The highest BCUT2D eigenvalue weighted by molar-refractivity contribution is 8.03. The number of carbonyl (C=O) groups is 1. The van der Waals surface area contributed by atoms with E-state index in [1.165, 1.54) is 11.8 Å². The quantitative estimate of drug-likeness (QED) is 0.828. The van der Waals surface area contributed by atoms with Crippen LogP contribution in [0.1, 0.15) is 30.7 Å². The molecule has 24 heavy (non-hydrogen) atoms. The van der Waals surface area contributed by atoms with Crippen LogP contribution >= 0.6 is 11.8 Å². The second-order valence-corrected chi connectivity index (χ2v) is 6.49. The van der Waals surface area contributed by atoms with Gasteiger partial charge in [0.2, 0.25) is 12.7 Å². The summed E-state index contributed by atoms with van der Waals surface area (Å²) in [7, 11) is 0. The molecule has 3 rings (SSSR count). The Bertz CT molecular complexity index is 776. The molecule has 6 nitrogen and oxygen atoms in total. The number of rotatable bonds is 5. The minimum Gasteiger partial charge on any atom is -0.454 e. The number of allylic oxidation sites excluding steroid dienone is 1. The summed E-state index contributed by atoms with van der Waals surface area (Å²) in [5.74, 6) is 1.59. The average Bonchev–Trinajstić information content (AvgIpc) is 3.06. The first kappa shape index (κ1) is 16.2. The third kappa shape index (κ3) is 3.32. The van der Waals surface area contributed by atoms with E-state index in [1.54, 1.807) is 6.07 Å². The Morgan fingerprint density at radius 3 is 2.92 bits per heavy atom. The molecule has 0 radical (unpaired) electrons. The van der Waals surface area contributed by atoms with Gasteiger partial charge in [0.15, 0.2) is 11.5 Å². The van der Waals surface area contributed by atoms with E-state index in [4.69, 9.17) is 14.7 Å². The average molecular weight is 341 g/mol. The molecule has 0 aliphatic carbocycles. The molecule has 0 spiro atoms. The number of amides is 1. The van der Waals surface area contributed by atoms with Crippen molar-refractivity contribution in [2.75, 3.05) is 12.5 Å². The number of ether oxygens (including phenoxy) is 2. The van der Waals surface area contributed by atoms with Gasteiger partial charge in [-0.25, -0.2) is 0 Å². The molecule has 1 N–H and O–H groups in total. The first-order chi connectivity index (χ1) is 11.7. The zero-order valence-electron chi connectivity index (χ0n) is 12.9. The van der Waals surface area contributed by atoms with Gasteiger partial charge in [0.25, 0.3) is 0 Å². The van der Waals surface area contributed by atoms with Crippen LogP contribution in [0.3, 0.4) is 0 Å². The molecule has 1 aromatic carbocycles. The maximum Gasteiger partial charge on any atom is 0.231 e. The molecule has 0 aromatic heterocycles. The maximum absolute atomic E-state index is 12.1. The van der Waals surface area contributed by atoms with E-state index >= 15 is 0 Å². The van der Waals surface area contributed by atoms with Crippen molar-refractivity contribution in [1.82, 2.24) is 5.32 Å². The lowest BCUT2D eigenvalue weighted by Gasteiger charge is -2.25. The molecule has 0 saturated carbocycles. The van der Waals surface area contributed by atoms with Gasteiger partial charge in [0.05, 0.1) is 22.7 Å². The molecular weight excluding hydrogens is 326 g/mol. The second-order valence-electron chi connectivity index (χ2n) is 5.38. The van der Waals surface area contributed by atoms with Crippen LogP contribution in [0.5, 0.6) is 11.5 Å². The monoisotopic (exact) mass is 341 g/mol. The van der Waals surface area contributed by atoms with Crippen molar-refractivity contribution in [3.05, 3.63) is 34.4 Å². The standard InChI is InChI=1S/C17H15N3O3S/c18-5-1-2-6-24-17-13(9-19)12(8-16(21)20-17)11-3-4-14-15(7-11)23-10-22-14/h3-4,7,12H,1-2,6,8,10H2,(H,20,21). The molecule has 122 valence electrons. The fourth-order valence-corrected chi connectivity index (χ4v) is 3.70. The summed E-state index contributed by atoms with van der Waals surface area (Å²) in [4.78, 5) is 12.1. The highest BCUT2D eigenvalue weighted by Crippen LogP contribution is 2.40. The lowest BCUT2D eigenvalue weighted by Crippen LogP contribution is -2.30. The number of carbonyl (C=O) groups excluding carboxylic acids is 1. The largest absolute Gasteiger partial charge is 0.454 e. The van der Waals surface area contributed by atoms with E-state index in [-0.39, 0.29) is 25.0 Å². The normalized spacial score (nSPS) is 18.8. The Morgan fingerprint density at radius 1 is 1.29 bits per heavy atom.